The molecule has 0 bridgehead atoms. The lowest BCUT2D eigenvalue weighted by Gasteiger charge is -2.23. The number of anilines is 1. The topological polar surface area (TPSA) is 53.1 Å². The van der Waals surface area contributed by atoms with Crippen molar-refractivity contribution in [2.24, 2.45) is 0 Å². The number of ether oxygens (including phenoxy) is 1. The van der Waals surface area contributed by atoms with Crippen LogP contribution in [0.3, 0.4) is 0 Å². The summed E-state index contributed by atoms with van der Waals surface area (Å²) in [5.74, 6) is 0.590. The fraction of sp³-hybridized carbons (Fsp3) is 0.312. The summed E-state index contributed by atoms with van der Waals surface area (Å²) >= 11 is 0. The zero-order chi connectivity index (χ0) is 15.8. The molecule has 0 fully saturated rings. The molecule has 22 heavy (non-hydrogen) atoms. The van der Waals surface area contributed by atoms with Gasteiger partial charge >= 0.3 is 0 Å². The molecule has 0 saturated heterocycles. The van der Waals surface area contributed by atoms with Crippen LogP contribution in [0.1, 0.15) is 11.3 Å². The van der Waals surface area contributed by atoms with Gasteiger partial charge in [0.1, 0.15) is 6.61 Å². The average molecular weight is 304 g/mol. The van der Waals surface area contributed by atoms with Gasteiger partial charge in [-0.05, 0) is 19.1 Å². The van der Waals surface area contributed by atoms with Gasteiger partial charge in [-0.3, -0.25) is 4.84 Å². The number of pyridine rings is 1. The molecule has 6 heteroatoms. The number of para-hydroxylation sites is 1. The van der Waals surface area contributed by atoms with Crippen LogP contribution in [0.2, 0.25) is 0 Å². The van der Waals surface area contributed by atoms with Crippen LogP contribution >= 0.6 is 0 Å². The van der Waals surface area contributed by atoms with Crippen molar-refractivity contribution >= 4 is 5.69 Å². The monoisotopic (exact) mass is 304 g/mol. The fourth-order valence-electron chi connectivity index (χ4n) is 1.95. The minimum atomic E-state index is 0.146. The van der Waals surface area contributed by atoms with Gasteiger partial charge in [0.25, 0.3) is 0 Å². The quantitative estimate of drug-likeness (QED) is 0.425. The number of nitrogens with zero attached hydrogens (tertiary/aromatic N) is 2. The second kappa shape index (κ2) is 8.33. The highest BCUT2D eigenvalue weighted by molar-refractivity contribution is 5.51. The Kier molecular flexibility index (Phi) is 6.14. The molecule has 2 rings (SSSR count). The van der Waals surface area contributed by atoms with E-state index in [1.807, 2.05) is 49.4 Å². The molecule has 0 unspecified atom stereocenters. The van der Waals surface area contributed by atoms with Gasteiger partial charge in [-0.15, -0.1) is 0 Å². The Balaban J connectivity index is 2.10. The molecular weight excluding hydrogens is 284 g/mol. The molecule has 0 N–H and O–H groups in total. The zero-order valence-electron chi connectivity index (χ0n) is 13.0. The summed E-state index contributed by atoms with van der Waals surface area (Å²) in [5.41, 5.74) is 2.71. The largest absolute Gasteiger partial charge is 0.473 e. The van der Waals surface area contributed by atoms with Crippen LogP contribution in [0, 0.1) is 6.92 Å². The van der Waals surface area contributed by atoms with Crippen molar-refractivity contribution in [2.75, 3.05) is 26.0 Å². The second-order valence-electron chi connectivity index (χ2n) is 4.51. The van der Waals surface area contributed by atoms with Crippen molar-refractivity contribution in [3.05, 3.63) is 53.7 Å². The molecule has 0 aliphatic rings. The lowest BCUT2D eigenvalue weighted by atomic mass is 10.2. The number of hydrogen-bond donors (Lipinski definition) is 0. The van der Waals surface area contributed by atoms with Gasteiger partial charge in [-0.1, -0.05) is 24.3 Å². The maximum Gasteiger partial charge on any atom is 0.213 e. The van der Waals surface area contributed by atoms with E-state index in [0.29, 0.717) is 12.5 Å². The Morgan fingerprint density at radius 1 is 1.05 bits per heavy atom. The predicted molar refractivity (Wildman–Crippen MR) is 82.2 cm³/mol. The van der Waals surface area contributed by atoms with E-state index in [9.17, 15) is 0 Å². The van der Waals surface area contributed by atoms with E-state index in [1.54, 1.807) is 12.2 Å². The van der Waals surface area contributed by atoms with Crippen LogP contribution in [-0.2, 0) is 21.2 Å². The van der Waals surface area contributed by atoms with Crippen molar-refractivity contribution in [1.82, 2.24) is 4.98 Å². The van der Waals surface area contributed by atoms with Gasteiger partial charge < -0.3 is 4.74 Å². The lowest BCUT2D eigenvalue weighted by molar-refractivity contribution is -0.280. The van der Waals surface area contributed by atoms with E-state index in [1.165, 1.54) is 7.11 Å². The molecule has 0 aliphatic carbocycles. The molecule has 0 saturated carbocycles. The number of aromatic nitrogens is 1. The lowest BCUT2D eigenvalue weighted by Crippen LogP contribution is -2.26. The Morgan fingerprint density at radius 2 is 1.86 bits per heavy atom. The minimum absolute atomic E-state index is 0.146. The molecule has 1 aromatic carbocycles. The standard InChI is InChI=1S/C16H20N2O4/c1-13-7-6-10-16(17-13)21-11-14-8-4-5-9-15(14)18(19-2)12-22-20-3/h4-10H,11-12H2,1-3H3. The van der Waals surface area contributed by atoms with Crippen LogP contribution < -0.4 is 9.80 Å². The SMILES string of the molecule is COOCN(OC)c1ccccc1COc1cccc(C)n1. The second-order valence-corrected chi connectivity index (χ2v) is 4.51. The van der Waals surface area contributed by atoms with Crippen LogP contribution in [-0.4, -0.2) is 25.9 Å². The molecule has 0 spiro atoms. The Hall–Kier alpha value is -2.15. The molecular formula is C16H20N2O4. The van der Waals surface area contributed by atoms with Crippen LogP contribution in [0.15, 0.2) is 42.5 Å². The summed E-state index contributed by atoms with van der Waals surface area (Å²) in [4.78, 5) is 19.2. The molecule has 0 amide bonds. The summed E-state index contributed by atoms with van der Waals surface area (Å²) in [7, 11) is 3.02. The summed E-state index contributed by atoms with van der Waals surface area (Å²) in [6.07, 6.45) is 0. The maximum absolute atomic E-state index is 5.75. The first-order valence-electron chi connectivity index (χ1n) is 6.86. The summed E-state index contributed by atoms with van der Waals surface area (Å²) in [6, 6.07) is 13.4. The van der Waals surface area contributed by atoms with E-state index < -0.39 is 0 Å². The first-order valence-corrected chi connectivity index (χ1v) is 6.86. The van der Waals surface area contributed by atoms with E-state index in [0.717, 1.165) is 16.9 Å². The number of hydroxylamine groups is 1. The van der Waals surface area contributed by atoms with Crippen LogP contribution in [0.5, 0.6) is 5.88 Å². The van der Waals surface area contributed by atoms with E-state index in [2.05, 4.69) is 9.87 Å². The molecule has 2 aromatic rings. The Morgan fingerprint density at radius 3 is 2.59 bits per heavy atom. The highest BCUT2D eigenvalue weighted by Crippen LogP contribution is 2.22. The molecule has 0 atom stereocenters. The van der Waals surface area contributed by atoms with Gasteiger partial charge in [0.2, 0.25) is 5.88 Å². The number of aryl methyl sites for hydroxylation is 1. The van der Waals surface area contributed by atoms with Crippen molar-refractivity contribution in [3.8, 4) is 5.88 Å². The molecule has 6 nitrogen and oxygen atoms in total. The zero-order valence-corrected chi connectivity index (χ0v) is 13.0. The maximum atomic E-state index is 5.75. The van der Waals surface area contributed by atoms with Gasteiger partial charge in [-0.25, -0.2) is 19.8 Å². The smallest absolute Gasteiger partial charge is 0.213 e. The summed E-state index contributed by atoms with van der Waals surface area (Å²) in [5, 5.41) is 1.58. The van der Waals surface area contributed by atoms with E-state index >= 15 is 0 Å². The molecule has 118 valence electrons. The third-order valence-electron chi connectivity index (χ3n) is 3.01. The highest BCUT2D eigenvalue weighted by Gasteiger charge is 2.12. The van der Waals surface area contributed by atoms with Gasteiger partial charge in [0.15, 0.2) is 6.73 Å². The first kappa shape index (κ1) is 16.2. The Labute approximate surface area is 130 Å². The third kappa shape index (κ3) is 4.42. The van der Waals surface area contributed by atoms with Crippen LogP contribution in [0.25, 0.3) is 0 Å². The third-order valence-corrected chi connectivity index (χ3v) is 3.01. The summed E-state index contributed by atoms with van der Waals surface area (Å²) < 4.78 is 5.75. The number of benzene rings is 1. The summed E-state index contributed by atoms with van der Waals surface area (Å²) in [6.45, 7) is 2.45. The average Bonchev–Trinajstić information content (AvgIpc) is 2.54. The predicted octanol–water partition coefficient (Wildman–Crippen LogP) is 2.87. The Bertz CT molecular complexity index is 592. The molecule has 1 aromatic heterocycles. The molecule has 0 aliphatic heterocycles. The van der Waals surface area contributed by atoms with Crippen molar-refractivity contribution in [1.29, 1.82) is 0 Å². The van der Waals surface area contributed by atoms with Crippen LogP contribution in [0.4, 0.5) is 5.69 Å². The first-order chi connectivity index (χ1) is 10.7. The van der Waals surface area contributed by atoms with E-state index in [4.69, 9.17) is 14.5 Å². The fourth-order valence-corrected chi connectivity index (χ4v) is 1.95. The number of hydrogen-bond acceptors (Lipinski definition) is 6. The van der Waals surface area contributed by atoms with Crippen molar-refractivity contribution < 1.29 is 19.3 Å². The van der Waals surface area contributed by atoms with Gasteiger partial charge in [0, 0.05) is 17.3 Å². The van der Waals surface area contributed by atoms with E-state index in [-0.39, 0.29) is 6.73 Å². The van der Waals surface area contributed by atoms with Gasteiger partial charge in [0.05, 0.1) is 19.9 Å². The van der Waals surface area contributed by atoms with Crippen molar-refractivity contribution in [2.45, 2.75) is 13.5 Å². The normalized spacial score (nSPS) is 10.5. The molecule has 1 heterocycles. The van der Waals surface area contributed by atoms with Crippen molar-refractivity contribution in [3.63, 3.8) is 0 Å². The number of rotatable bonds is 8. The highest BCUT2D eigenvalue weighted by atomic mass is 17.2. The minimum Gasteiger partial charge on any atom is -0.473 e. The van der Waals surface area contributed by atoms with Gasteiger partial charge in [-0.2, -0.15) is 0 Å². The molecule has 0 radical (unpaired) electrons.